The lowest BCUT2D eigenvalue weighted by molar-refractivity contribution is 0.0922. The van der Waals surface area contributed by atoms with Crippen molar-refractivity contribution in [3.63, 3.8) is 0 Å². The second-order valence-corrected chi connectivity index (χ2v) is 7.82. The van der Waals surface area contributed by atoms with Gasteiger partial charge in [0.2, 0.25) is 0 Å². The van der Waals surface area contributed by atoms with Gasteiger partial charge in [0.05, 0.1) is 21.5 Å². The Bertz CT molecular complexity index is 887. The number of anilines is 1. The number of hydrogen-bond donors (Lipinski definition) is 3. The third-order valence-electron chi connectivity index (χ3n) is 3.23. The molecule has 2 aromatic carbocycles. The minimum absolute atomic E-state index is 0.0503. The Kier molecular flexibility index (Phi) is 6.29. The fraction of sp³-hybridized carbons (Fsp3) is 0.188. The van der Waals surface area contributed by atoms with Gasteiger partial charge in [-0.2, -0.15) is 0 Å². The number of amides is 1. The van der Waals surface area contributed by atoms with E-state index in [0.29, 0.717) is 0 Å². The lowest BCUT2D eigenvalue weighted by atomic mass is 10.2. The minimum Gasteiger partial charge on any atom is -0.394 e. The van der Waals surface area contributed by atoms with Crippen LogP contribution in [0.4, 0.5) is 5.69 Å². The van der Waals surface area contributed by atoms with Crippen LogP contribution >= 0.6 is 23.2 Å². The Labute approximate surface area is 155 Å². The quantitative estimate of drug-likeness (QED) is 0.691. The SMILES string of the molecule is CC(CO)NC(=O)c1cccc(NS(=O)(=O)c2ccc(Cl)c(Cl)c2)c1. The van der Waals surface area contributed by atoms with Gasteiger partial charge in [0, 0.05) is 17.3 Å². The molecule has 3 N–H and O–H groups in total. The highest BCUT2D eigenvalue weighted by Gasteiger charge is 2.17. The van der Waals surface area contributed by atoms with E-state index in [-0.39, 0.29) is 32.8 Å². The maximum absolute atomic E-state index is 12.4. The summed E-state index contributed by atoms with van der Waals surface area (Å²) >= 11 is 11.6. The zero-order chi connectivity index (χ0) is 18.6. The first-order valence-corrected chi connectivity index (χ1v) is 9.46. The van der Waals surface area contributed by atoms with Crippen molar-refractivity contribution in [2.45, 2.75) is 17.9 Å². The molecule has 0 bridgehead atoms. The van der Waals surface area contributed by atoms with Crippen LogP contribution in [0.5, 0.6) is 0 Å². The first-order chi connectivity index (χ1) is 11.7. The smallest absolute Gasteiger partial charge is 0.261 e. The van der Waals surface area contributed by atoms with Crippen molar-refractivity contribution in [1.29, 1.82) is 0 Å². The maximum Gasteiger partial charge on any atom is 0.261 e. The van der Waals surface area contributed by atoms with Gasteiger partial charge in [0.15, 0.2) is 0 Å². The van der Waals surface area contributed by atoms with Crippen LogP contribution in [0.25, 0.3) is 0 Å². The summed E-state index contributed by atoms with van der Waals surface area (Å²) in [5.74, 6) is -0.419. The van der Waals surface area contributed by atoms with E-state index in [4.69, 9.17) is 28.3 Å². The molecule has 0 heterocycles. The zero-order valence-corrected chi connectivity index (χ0v) is 15.5. The van der Waals surface area contributed by atoms with Crippen molar-refractivity contribution in [3.05, 3.63) is 58.1 Å². The Morgan fingerprint density at radius 2 is 1.88 bits per heavy atom. The van der Waals surface area contributed by atoms with Crippen molar-refractivity contribution in [3.8, 4) is 0 Å². The van der Waals surface area contributed by atoms with Gasteiger partial charge < -0.3 is 10.4 Å². The largest absolute Gasteiger partial charge is 0.394 e. The summed E-state index contributed by atoms with van der Waals surface area (Å²) in [5, 5.41) is 11.9. The number of carbonyl (C=O) groups excluding carboxylic acids is 1. The molecule has 1 unspecified atom stereocenters. The van der Waals surface area contributed by atoms with Gasteiger partial charge in [-0.05, 0) is 43.3 Å². The predicted octanol–water partition coefficient (Wildman–Crippen LogP) is 2.90. The Morgan fingerprint density at radius 1 is 1.16 bits per heavy atom. The van der Waals surface area contributed by atoms with Crippen LogP contribution < -0.4 is 10.0 Å². The maximum atomic E-state index is 12.4. The first-order valence-electron chi connectivity index (χ1n) is 7.22. The van der Waals surface area contributed by atoms with Gasteiger partial charge in [-0.15, -0.1) is 0 Å². The van der Waals surface area contributed by atoms with E-state index in [9.17, 15) is 13.2 Å². The molecule has 0 aliphatic rings. The number of rotatable bonds is 6. The third-order valence-corrected chi connectivity index (χ3v) is 5.35. The molecule has 0 aliphatic carbocycles. The number of hydrogen-bond acceptors (Lipinski definition) is 4. The standard InChI is InChI=1S/C16H16Cl2N2O4S/c1-10(9-21)19-16(22)11-3-2-4-12(7-11)20-25(23,24)13-5-6-14(17)15(18)8-13/h2-8,10,20-21H,9H2,1H3,(H,19,22). The highest BCUT2D eigenvalue weighted by Crippen LogP contribution is 2.26. The second-order valence-electron chi connectivity index (χ2n) is 5.32. The Hall–Kier alpha value is -1.80. The third kappa shape index (κ3) is 5.09. The summed E-state index contributed by atoms with van der Waals surface area (Å²) in [6.07, 6.45) is 0. The van der Waals surface area contributed by atoms with Crippen LogP contribution in [0.1, 0.15) is 17.3 Å². The monoisotopic (exact) mass is 402 g/mol. The van der Waals surface area contributed by atoms with Crippen LogP contribution in [-0.4, -0.2) is 32.1 Å². The van der Waals surface area contributed by atoms with Crippen LogP contribution in [0, 0.1) is 0 Å². The summed E-state index contributed by atoms with van der Waals surface area (Å²) in [7, 11) is -3.89. The van der Waals surface area contributed by atoms with Gasteiger partial charge in [-0.25, -0.2) is 8.42 Å². The number of halogens is 2. The molecule has 0 fully saturated rings. The molecule has 2 rings (SSSR count). The van der Waals surface area contributed by atoms with Crippen LogP contribution in [-0.2, 0) is 10.0 Å². The lowest BCUT2D eigenvalue weighted by Gasteiger charge is -2.12. The average Bonchev–Trinajstić information content (AvgIpc) is 2.56. The van der Waals surface area contributed by atoms with Crippen LogP contribution in [0.15, 0.2) is 47.4 Å². The summed E-state index contributed by atoms with van der Waals surface area (Å²) in [4.78, 5) is 12.0. The van der Waals surface area contributed by atoms with E-state index in [1.54, 1.807) is 13.0 Å². The van der Waals surface area contributed by atoms with Gasteiger partial charge >= 0.3 is 0 Å². The molecule has 25 heavy (non-hydrogen) atoms. The number of aliphatic hydroxyl groups excluding tert-OH is 1. The summed E-state index contributed by atoms with van der Waals surface area (Å²) in [6, 6.07) is 9.54. The van der Waals surface area contributed by atoms with Gasteiger partial charge in [-0.3, -0.25) is 9.52 Å². The minimum atomic E-state index is -3.89. The van der Waals surface area contributed by atoms with E-state index >= 15 is 0 Å². The highest BCUT2D eigenvalue weighted by atomic mass is 35.5. The second kappa shape index (κ2) is 8.05. The van der Waals surface area contributed by atoms with Crippen molar-refractivity contribution < 1.29 is 18.3 Å². The fourth-order valence-corrected chi connectivity index (χ4v) is 3.37. The van der Waals surface area contributed by atoms with E-state index in [1.807, 2.05) is 0 Å². The van der Waals surface area contributed by atoms with Gasteiger partial charge in [0.25, 0.3) is 15.9 Å². The molecule has 0 aliphatic heterocycles. The van der Waals surface area contributed by atoms with Gasteiger partial charge in [-0.1, -0.05) is 29.3 Å². The Morgan fingerprint density at radius 3 is 2.52 bits per heavy atom. The predicted molar refractivity (Wildman–Crippen MR) is 97.7 cm³/mol. The molecule has 0 aromatic heterocycles. The summed E-state index contributed by atoms with van der Waals surface area (Å²) in [5.41, 5.74) is 0.477. The number of aliphatic hydroxyl groups is 1. The fourth-order valence-electron chi connectivity index (χ4n) is 1.93. The molecule has 2 aromatic rings. The van der Waals surface area contributed by atoms with Crippen molar-refractivity contribution >= 4 is 44.8 Å². The molecule has 134 valence electrons. The van der Waals surface area contributed by atoms with E-state index in [2.05, 4.69) is 10.0 Å². The van der Waals surface area contributed by atoms with Crippen molar-refractivity contribution in [2.75, 3.05) is 11.3 Å². The van der Waals surface area contributed by atoms with Crippen LogP contribution in [0.3, 0.4) is 0 Å². The van der Waals surface area contributed by atoms with Crippen molar-refractivity contribution in [1.82, 2.24) is 5.32 Å². The topological polar surface area (TPSA) is 95.5 Å². The van der Waals surface area contributed by atoms with Crippen LogP contribution in [0.2, 0.25) is 10.0 Å². The van der Waals surface area contributed by atoms with E-state index in [0.717, 1.165) is 0 Å². The summed E-state index contributed by atoms with van der Waals surface area (Å²) in [6.45, 7) is 1.45. The number of sulfonamides is 1. The molecule has 0 saturated carbocycles. The zero-order valence-electron chi connectivity index (χ0n) is 13.2. The van der Waals surface area contributed by atoms with E-state index < -0.39 is 22.0 Å². The molecule has 6 nitrogen and oxygen atoms in total. The lowest BCUT2D eigenvalue weighted by Crippen LogP contribution is -2.35. The van der Waals surface area contributed by atoms with Crippen molar-refractivity contribution in [2.24, 2.45) is 0 Å². The average molecular weight is 403 g/mol. The molecular formula is C16H16Cl2N2O4S. The Balaban J connectivity index is 2.23. The highest BCUT2D eigenvalue weighted by molar-refractivity contribution is 7.92. The number of nitrogens with one attached hydrogen (secondary N) is 2. The molecule has 0 saturated heterocycles. The molecule has 0 spiro atoms. The first kappa shape index (κ1) is 19.5. The molecule has 1 amide bonds. The normalized spacial score (nSPS) is 12.5. The van der Waals surface area contributed by atoms with E-state index in [1.165, 1.54) is 36.4 Å². The molecule has 1 atom stereocenters. The number of carbonyl (C=O) groups is 1. The molecule has 9 heteroatoms. The summed E-state index contributed by atoms with van der Waals surface area (Å²) < 4.78 is 27.2. The molecular weight excluding hydrogens is 387 g/mol. The number of benzene rings is 2. The molecule has 0 radical (unpaired) electrons. The van der Waals surface area contributed by atoms with Gasteiger partial charge in [0.1, 0.15) is 0 Å².